The molecule has 0 radical (unpaired) electrons. The number of terminal acetylenes is 1. The molecule has 172 valence electrons. The molecule has 1 amide bonds. The Kier molecular flexibility index (Phi) is 7.03. The molecule has 0 saturated carbocycles. The van der Waals surface area contributed by atoms with Gasteiger partial charge in [0, 0.05) is 16.3 Å². The molecule has 1 N–H and O–H groups in total. The number of thiazole rings is 1. The third kappa shape index (κ3) is 4.99. The van der Waals surface area contributed by atoms with Gasteiger partial charge in [0.1, 0.15) is 0 Å². The van der Waals surface area contributed by atoms with Crippen molar-refractivity contribution < 1.29 is 13.2 Å². The van der Waals surface area contributed by atoms with Crippen LogP contribution >= 0.6 is 46.1 Å². The van der Waals surface area contributed by atoms with Crippen LogP contribution in [0.15, 0.2) is 70.6 Å². The maximum atomic E-state index is 13.0. The monoisotopic (exact) mass is 549 g/mol. The van der Waals surface area contributed by atoms with Gasteiger partial charge in [-0.2, -0.15) is 4.99 Å². The van der Waals surface area contributed by atoms with Crippen molar-refractivity contribution in [1.82, 2.24) is 4.57 Å². The third-order valence-corrected chi connectivity index (χ3v) is 8.15. The number of carbonyl (C=O) groups excluding carboxylic acids is 1. The summed E-state index contributed by atoms with van der Waals surface area (Å²) >= 11 is 19.6. The lowest BCUT2D eigenvalue weighted by Crippen LogP contribution is -2.17. The summed E-state index contributed by atoms with van der Waals surface area (Å²) in [5.74, 6) is 1.94. The predicted molar refractivity (Wildman–Crippen MR) is 137 cm³/mol. The lowest BCUT2D eigenvalue weighted by atomic mass is 10.2. The number of sulfonamides is 1. The van der Waals surface area contributed by atoms with Crippen molar-refractivity contribution in [1.29, 1.82) is 0 Å². The summed E-state index contributed by atoms with van der Waals surface area (Å²) in [4.78, 5) is 17.5. The van der Waals surface area contributed by atoms with Gasteiger partial charge < -0.3 is 4.57 Å². The molecule has 0 atom stereocenters. The number of amides is 1. The molecular weight excluding hydrogens is 537 g/mol. The standard InChI is InChI=1S/C23H14Cl3N3O3S2/c1-2-12-29-20-18(25)10-11-19(26)21(20)33-23(29)27-22(30)14-4-3-5-16(13-14)28-34(31,32)17-8-6-15(24)7-9-17/h1,3-11,13,28H,12H2. The molecule has 4 aromatic rings. The summed E-state index contributed by atoms with van der Waals surface area (Å²) in [6.07, 6.45) is 5.50. The number of carbonyl (C=O) groups is 1. The third-order valence-electron chi connectivity index (χ3n) is 4.66. The molecule has 0 bridgehead atoms. The first-order valence-corrected chi connectivity index (χ1v) is 13.0. The van der Waals surface area contributed by atoms with Crippen molar-refractivity contribution in [3.05, 3.63) is 86.1 Å². The van der Waals surface area contributed by atoms with Crippen LogP contribution in [0.3, 0.4) is 0 Å². The highest BCUT2D eigenvalue weighted by atomic mass is 35.5. The number of halogens is 3. The van der Waals surface area contributed by atoms with Crippen LogP contribution in [-0.2, 0) is 16.6 Å². The van der Waals surface area contributed by atoms with E-state index in [2.05, 4.69) is 15.6 Å². The maximum Gasteiger partial charge on any atom is 0.279 e. The van der Waals surface area contributed by atoms with Crippen molar-refractivity contribution in [3.8, 4) is 12.3 Å². The number of anilines is 1. The topological polar surface area (TPSA) is 80.5 Å². The smallest absolute Gasteiger partial charge is 0.279 e. The fraction of sp³-hybridized carbons (Fsp3) is 0.0435. The summed E-state index contributed by atoms with van der Waals surface area (Å²) in [7, 11) is -3.88. The normalized spacial score (nSPS) is 12.0. The molecule has 0 spiro atoms. The molecule has 3 aromatic carbocycles. The second-order valence-electron chi connectivity index (χ2n) is 6.94. The molecule has 0 fully saturated rings. The summed E-state index contributed by atoms with van der Waals surface area (Å²) in [5.41, 5.74) is 0.973. The quantitative estimate of drug-likeness (QED) is 0.317. The Morgan fingerprint density at radius 3 is 2.47 bits per heavy atom. The zero-order chi connectivity index (χ0) is 24.5. The van der Waals surface area contributed by atoms with E-state index in [0.717, 1.165) is 0 Å². The van der Waals surface area contributed by atoms with Crippen LogP contribution < -0.4 is 9.52 Å². The fourth-order valence-electron chi connectivity index (χ4n) is 3.13. The molecule has 1 heterocycles. The maximum absolute atomic E-state index is 13.0. The van der Waals surface area contributed by atoms with Crippen LogP contribution in [0.4, 0.5) is 5.69 Å². The Balaban J connectivity index is 1.71. The number of nitrogens with zero attached hydrogens (tertiary/aromatic N) is 2. The number of rotatable bonds is 5. The van der Waals surface area contributed by atoms with Gasteiger partial charge in [0.15, 0.2) is 4.80 Å². The first-order valence-electron chi connectivity index (χ1n) is 9.58. The molecule has 0 saturated heterocycles. The Bertz CT molecular complexity index is 1630. The molecule has 0 aliphatic carbocycles. The van der Waals surface area contributed by atoms with E-state index in [1.807, 2.05) is 0 Å². The number of aromatic nitrogens is 1. The van der Waals surface area contributed by atoms with Gasteiger partial charge in [-0.15, -0.1) is 6.42 Å². The van der Waals surface area contributed by atoms with Crippen molar-refractivity contribution in [2.75, 3.05) is 4.72 Å². The minimum absolute atomic E-state index is 0.0349. The van der Waals surface area contributed by atoms with E-state index in [9.17, 15) is 13.2 Å². The van der Waals surface area contributed by atoms with Crippen LogP contribution in [0, 0.1) is 12.3 Å². The van der Waals surface area contributed by atoms with E-state index in [-0.39, 0.29) is 22.7 Å². The largest absolute Gasteiger partial charge is 0.303 e. The highest BCUT2D eigenvalue weighted by Crippen LogP contribution is 2.32. The Hall–Kier alpha value is -2.80. The first kappa shape index (κ1) is 24.3. The average Bonchev–Trinajstić information content (AvgIpc) is 3.16. The van der Waals surface area contributed by atoms with E-state index in [4.69, 9.17) is 41.2 Å². The van der Waals surface area contributed by atoms with E-state index in [1.54, 1.807) is 22.8 Å². The number of hydrogen-bond donors (Lipinski definition) is 1. The molecule has 1 aromatic heterocycles. The first-order chi connectivity index (χ1) is 16.2. The number of nitrogens with one attached hydrogen (secondary N) is 1. The van der Waals surface area contributed by atoms with Crippen LogP contribution in [0.25, 0.3) is 10.2 Å². The van der Waals surface area contributed by atoms with Crippen molar-refractivity contribution in [2.24, 2.45) is 4.99 Å². The SMILES string of the molecule is C#CCn1c(=NC(=O)c2cccc(NS(=O)(=O)c3ccc(Cl)cc3)c2)sc2c(Cl)ccc(Cl)c21. The van der Waals surface area contributed by atoms with Gasteiger partial charge in [-0.3, -0.25) is 9.52 Å². The molecular formula is C23H14Cl3N3O3S2. The van der Waals surface area contributed by atoms with Gasteiger partial charge in [0.05, 0.1) is 31.7 Å². The summed E-state index contributed by atoms with van der Waals surface area (Å²) in [6.45, 7) is 0.132. The lowest BCUT2D eigenvalue weighted by molar-refractivity contribution is 0.0998. The summed E-state index contributed by atoms with van der Waals surface area (Å²) in [6, 6.07) is 15.0. The minimum atomic E-state index is -3.88. The van der Waals surface area contributed by atoms with Gasteiger partial charge in [-0.1, -0.05) is 58.1 Å². The Labute approximate surface area is 214 Å². The van der Waals surface area contributed by atoms with Crippen LogP contribution in [0.5, 0.6) is 0 Å². The minimum Gasteiger partial charge on any atom is -0.303 e. The highest BCUT2D eigenvalue weighted by molar-refractivity contribution is 7.92. The van der Waals surface area contributed by atoms with E-state index < -0.39 is 15.9 Å². The van der Waals surface area contributed by atoms with E-state index in [0.29, 0.717) is 30.1 Å². The molecule has 4 rings (SSSR count). The summed E-state index contributed by atoms with van der Waals surface area (Å²) < 4.78 is 30.1. The number of fused-ring (bicyclic) bond motifs is 1. The zero-order valence-electron chi connectivity index (χ0n) is 17.1. The summed E-state index contributed by atoms with van der Waals surface area (Å²) in [5, 5.41) is 1.31. The van der Waals surface area contributed by atoms with Crippen molar-refractivity contribution >= 4 is 78.0 Å². The van der Waals surface area contributed by atoms with Crippen LogP contribution in [0.1, 0.15) is 10.4 Å². The lowest BCUT2D eigenvalue weighted by Gasteiger charge is -2.09. The Morgan fingerprint density at radius 1 is 1.06 bits per heavy atom. The van der Waals surface area contributed by atoms with E-state index >= 15 is 0 Å². The molecule has 0 aliphatic rings. The Morgan fingerprint density at radius 2 is 1.76 bits per heavy atom. The van der Waals surface area contributed by atoms with Gasteiger partial charge in [-0.05, 0) is 54.6 Å². The van der Waals surface area contributed by atoms with Crippen molar-refractivity contribution in [2.45, 2.75) is 11.4 Å². The second kappa shape index (κ2) is 9.82. The van der Waals surface area contributed by atoms with Crippen LogP contribution in [-0.4, -0.2) is 18.9 Å². The molecule has 11 heteroatoms. The molecule has 34 heavy (non-hydrogen) atoms. The van der Waals surface area contributed by atoms with Gasteiger partial charge in [0.2, 0.25) is 0 Å². The zero-order valence-corrected chi connectivity index (χ0v) is 21.0. The number of benzene rings is 3. The molecule has 6 nitrogen and oxygen atoms in total. The molecule has 0 unspecified atom stereocenters. The fourth-order valence-corrected chi connectivity index (χ4v) is 5.95. The van der Waals surface area contributed by atoms with Gasteiger partial charge >= 0.3 is 0 Å². The van der Waals surface area contributed by atoms with Gasteiger partial charge in [0.25, 0.3) is 15.9 Å². The van der Waals surface area contributed by atoms with Crippen molar-refractivity contribution in [3.63, 3.8) is 0 Å². The average molecular weight is 551 g/mol. The van der Waals surface area contributed by atoms with E-state index in [1.165, 1.54) is 53.8 Å². The van der Waals surface area contributed by atoms with Crippen LogP contribution in [0.2, 0.25) is 15.1 Å². The molecule has 0 aliphatic heterocycles. The van der Waals surface area contributed by atoms with Gasteiger partial charge in [-0.25, -0.2) is 8.42 Å². The number of hydrogen-bond acceptors (Lipinski definition) is 4. The predicted octanol–water partition coefficient (Wildman–Crippen LogP) is 5.84. The highest BCUT2D eigenvalue weighted by Gasteiger charge is 2.16. The second-order valence-corrected chi connectivity index (χ2v) is 10.8.